The third kappa shape index (κ3) is 2.88. The van der Waals surface area contributed by atoms with Crippen molar-refractivity contribution in [1.82, 2.24) is 4.90 Å². The number of hydrogen-bond donors (Lipinski definition) is 0. The Morgan fingerprint density at radius 3 is 2.85 bits per heavy atom. The van der Waals surface area contributed by atoms with Gasteiger partial charge in [0.1, 0.15) is 10.1 Å². The van der Waals surface area contributed by atoms with Crippen molar-refractivity contribution < 1.29 is 19.1 Å². The molecule has 104 valence electrons. The van der Waals surface area contributed by atoms with Crippen molar-refractivity contribution in [2.24, 2.45) is 0 Å². The van der Waals surface area contributed by atoms with Gasteiger partial charge < -0.3 is 9.90 Å². The van der Waals surface area contributed by atoms with E-state index in [-0.39, 0.29) is 9.23 Å². The quantitative estimate of drug-likeness (QED) is 0.619. The number of aliphatic carboxylic acids is 1. The van der Waals surface area contributed by atoms with E-state index in [9.17, 15) is 19.1 Å². The maximum atomic E-state index is 13.1. The number of thiocarbonyl (C=S) groups is 1. The molecule has 0 saturated carbocycles. The average molecular weight is 310 g/mol. The normalized spacial score (nSPS) is 18.7. The average Bonchev–Trinajstić information content (AvgIpc) is 2.63. The Kier molecular flexibility index (Phi) is 4.20. The van der Waals surface area contributed by atoms with Crippen molar-refractivity contribution in [3.05, 3.63) is 40.6 Å². The van der Waals surface area contributed by atoms with Crippen LogP contribution in [-0.2, 0) is 9.59 Å². The standard InChI is InChI=1S/C13H10FNO3S2/c1-7(12(17)18)15-11(16)10(20-13(15)19)6-8-3-2-4-9(14)5-8/h2-7H,1H3,(H,17,18)/p-1/b10-6+/t7-/m0/s1. The zero-order valence-corrected chi connectivity index (χ0v) is 12.0. The summed E-state index contributed by atoms with van der Waals surface area (Å²) in [5.74, 6) is -2.31. The van der Waals surface area contributed by atoms with Crippen LogP contribution in [0.1, 0.15) is 12.5 Å². The molecule has 4 nitrogen and oxygen atoms in total. The molecule has 0 N–H and O–H groups in total. The summed E-state index contributed by atoms with van der Waals surface area (Å²) < 4.78 is 13.2. The van der Waals surface area contributed by atoms with Crippen molar-refractivity contribution in [3.8, 4) is 0 Å². The van der Waals surface area contributed by atoms with Crippen molar-refractivity contribution in [2.45, 2.75) is 13.0 Å². The topological polar surface area (TPSA) is 60.4 Å². The van der Waals surface area contributed by atoms with E-state index in [2.05, 4.69) is 0 Å². The molecule has 0 bridgehead atoms. The lowest BCUT2D eigenvalue weighted by molar-refractivity contribution is -0.309. The van der Waals surface area contributed by atoms with Crippen LogP contribution in [0.15, 0.2) is 29.2 Å². The molecule has 20 heavy (non-hydrogen) atoms. The van der Waals surface area contributed by atoms with Crippen molar-refractivity contribution in [1.29, 1.82) is 0 Å². The second-order valence-corrected chi connectivity index (χ2v) is 5.78. The minimum Gasteiger partial charge on any atom is -0.548 e. The van der Waals surface area contributed by atoms with Crippen LogP contribution in [0.2, 0.25) is 0 Å². The van der Waals surface area contributed by atoms with Crippen LogP contribution in [0.25, 0.3) is 6.08 Å². The highest BCUT2D eigenvalue weighted by Gasteiger charge is 2.35. The molecule has 7 heteroatoms. The Balaban J connectivity index is 2.30. The molecule has 1 fully saturated rings. The summed E-state index contributed by atoms with van der Waals surface area (Å²) in [7, 11) is 0. The number of thioether (sulfide) groups is 1. The fraction of sp³-hybridized carbons (Fsp3) is 0.154. The fourth-order valence-electron chi connectivity index (χ4n) is 1.67. The second-order valence-electron chi connectivity index (χ2n) is 4.10. The highest BCUT2D eigenvalue weighted by molar-refractivity contribution is 8.26. The van der Waals surface area contributed by atoms with E-state index in [1.165, 1.54) is 31.2 Å². The van der Waals surface area contributed by atoms with E-state index in [1.807, 2.05) is 0 Å². The van der Waals surface area contributed by atoms with Crippen LogP contribution >= 0.6 is 24.0 Å². The van der Waals surface area contributed by atoms with Crippen LogP contribution < -0.4 is 5.11 Å². The molecule has 1 amide bonds. The van der Waals surface area contributed by atoms with E-state index in [0.29, 0.717) is 5.56 Å². The van der Waals surface area contributed by atoms with E-state index in [4.69, 9.17) is 12.2 Å². The van der Waals surface area contributed by atoms with Crippen molar-refractivity contribution >= 4 is 46.3 Å². The minimum absolute atomic E-state index is 0.148. The van der Waals surface area contributed by atoms with Gasteiger partial charge in [-0.05, 0) is 30.7 Å². The van der Waals surface area contributed by atoms with Crippen LogP contribution in [0.3, 0.4) is 0 Å². The van der Waals surface area contributed by atoms with Gasteiger partial charge >= 0.3 is 0 Å². The first-order chi connectivity index (χ1) is 9.40. The maximum absolute atomic E-state index is 13.1. The van der Waals surface area contributed by atoms with Crippen LogP contribution in [0.4, 0.5) is 4.39 Å². The summed E-state index contributed by atoms with van der Waals surface area (Å²) >= 11 is 5.98. The summed E-state index contributed by atoms with van der Waals surface area (Å²) in [5, 5.41) is 10.8. The first-order valence-electron chi connectivity index (χ1n) is 5.63. The lowest BCUT2D eigenvalue weighted by Crippen LogP contribution is -2.48. The molecule has 0 radical (unpaired) electrons. The Morgan fingerprint density at radius 1 is 1.55 bits per heavy atom. The Bertz CT molecular complexity index is 630. The SMILES string of the molecule is C[C@@H](C(=O)[O-])N1C(=O)/C(=C\c2cccc(F)c2)SC1=S. The van der Waals surface area contributed by atoms with Crippen molar-refractivity contribution in [2.75, 3.05) is 0 Å². The van der Waals surface area contributed by atoms with E-state index in [0.717, 1.165) is 16.7 Å². The molecule has 0 spiro atoms. The van der Waals surface area contributed by atoms with Crippen LogP contribution in [0.5, 0.6) is 0 Å². The minimum atomic E-state index is -1.38. The molecular weight excluding hydrogens is 301 g/mol. The summed E-state index contributed by atoms with van der Waals surface area (Å²) in [6, 6.07) is 4.58. The summed E-state index contributed by atoms with van der Waals surface area (Å²) in [6.45, 7) is 1.32. The molecule has 1 aromatic rings. The second kappa shape index (κ2) is 5.72. The summed E-state index contributed by atoms with van der Waals surface area (Å²) in [6.07, 6.45) is 1.48. The van der Waals surface area contributed by atoms with Gasteiger partial charge in [-0.3, -0.25) is 9.69 Å². The number of halogens is 1. The predicted molar refractivity (Wildman–Crippen MR) is 75.9 cm³/mol. The van der Waals surface area contributed by atoms with Gasteiger partial charge in [0.05, 0.1) is 16.9 Å². The first-order valence-corrected chi connectivity index (χ1v) is 6.86. The Hall–Kier alpha value is -1.73. The molecule has 1 heterocycles. The van der Waals surface area contributed by atoms with E-state index >= 15 is 0 Å². The van der Waals surface area contributed by atoms with Gasteiger partial charge in [0.2, 0.25) is 0 Å². The van der Waals surface area contributed by atoms with Gasteiger partial charge in [0.25, 0.3) is 5.91 Å². The van der Waals surface area contributed by atoms with Gasteiger partial charge in [-0.1, -0.05) is 36.1 Å². The first kappa shape index (κ1) is 14.7. The largest absolute Gasteiger partial charge is 0.548 e. The zero-order valence-electron chi connectivity index (χ0n) is 10.3. The summed E-state index contributed by atoms with van der Waals surface area (Å²) in [5.41, 5.74) is 0.506. The number of benzene rings is 1. The van der Waals surface area contributed by atoms with Crippen molar-refractivity contribution in [3.63, 3.8) is 0 Å². The molecule has 1 aliphatic heterocycles. The lowest BCUT2D eigenvalue weighted by Gasteiger charge is -2.23. The number of rotatable bonds is 3. The molecular formula is C13H9FNO3S2-. The number of carbonyl (C=O) groups excluding carboxylic acids is 2. The molecule has 0 aromatic heterocycles. The van der Waals surface area contributed by atoms with E-state index in [1.54, 1.807) is 6.07 Å². The Labute approximate surface area is 124 Å². The summed E-state index contributed by atoms with van der Waals surface area (Å²) in [4.78, 5) is 24.2. The van der Waals surface area contributed by atoms with Gasteiger partial charge in [0, 0.05) is 0 Å². The molecule has 0 aliphatic carbocycles. The van der Waals surface area contributed by atoms with Crippen LogP contribution in [-0.4, -0.2) is 27.1 Å². The fourth-order valence-corrected chi connectivity index (χ4v) is 3.09. The lowest BCUT2D eigenvalue weighted by atomic mass is 10.2. The predicted octanol–water partition coefficient (Wildman–Crippen LogP) is 1.17. The van der Waals surface area contributed by atoms with E-state index < -0.39 is 23.7 Å². The molecule has 1 aromatic carbocycles. The zero-order chi connectivity index (χ0) is 14.9. The number of amides is 1. The third-order valence-corrected chi connectivity index (χ3v) is 4.03. The molecule has 1 saturated heterocycles. The van der Waals surface area contributed by atoms with Crippen LogP contribution in [0, 0.1) is 5.82 Å². The number of hydrogen-bond acceptors (Lipinski definition) is 5. The third-order valence-electron chi connectivity index (χ3n) is 2.70. The molecule has 2 rings (SSSR count). The van der Waals surface area contributed by atoms with Gasteiger partial charge in [0.15, 0.2) is 0 Å². The molecule has 1 aliphatic rings. The highest BCUT2D eigenvalue weighted by Crippen LogP contribution is 2.33. The molecule has 1 atom stereocenters. The van der Waals surface area contributed by atoms with Gasteiger partial charge in [-0.2, -0.15) is 0 Å². The van der Waals surface area contributed by atoms with Gasteiger partial charge in [-0.15, -0.1) is 0 Å². The number of nitrogens with zero attached hydrogens (tertiary/aromatic N) is 1. The highest BCUT2D eigenvalue weighted by atomic mass is 32.2. The van der Waals surface area contributed by atoms with Gasteiger partial charge in [-0.25, -0.2) is 4.39 Å². The molecule has 0 unspecified atom stereocenters. The Morgan fingerprint density at radius 2 is 2.25 bits per heavy atom. The number of carboxylic acids is 1. The number of carbonyl (C=O) groups is 2. The monoisotopic (exact) mass is 310 g/mol. The number of carboxylic acid groups (broad SMARTS) is 1. The smallest absolute Gasteiger partial charge is 0.266 e. The maximum Gasteiger partial charge on any atom is 0.266 e.